The summed E-state index contributed by atoms with van der Waals surface area (Å²) in [6, 6.07) is 10.8. The standard InChI is InChI=1S/C20H24F2N2O5S/c1-23-30(26,27)16-8-4-14(5-9-16)7-11-19(25)24(2)13-15-6-10-17(29-20(21)22)18(12-15)28-3/h4-6,8-10,12,20,23H,7,11,13H2,1-3H3. The zero-order valence-electron chi connectivity index (χ0n) is 16.9. The highest BCUT2D eigenvalue weighted by molar-refractivity contribution is 7.89. The molecule has 164 valence electrons. The molecule has 0 aliphatic carbocycles. The summed E-state index contributed by atoms with van der Waals surface area (Å²) in [5.41, 5.74) is 1.54. The monoisotopic (exact) mass is 442 g/mol. The number of ether oxygens (including phenoxy) is 2. The maximum Gasteiger partial charge on any atom is 0.387 e. The van der Waals surface area contributed by atoms with Gasteiger partial charge in [0, 0.05) is 20.0 Å². The summed E-state index contributed by atoms with van der Waals surface area (Å²) in [5, 5.41) is 0. The first-order valence-corrected chi connectivity index (χ1v) is 10.5. The van der Waals surface area contributed by atoms with Gasteiger partial charge in [-0.1, -0.05) is 18.2 Å². The highest BCUT2D eigenvalue weighted by atomic mass is 32.2. The molecule has 0 saturated carbocycles. The molecule has 1 N–H and O–H groups in total. The van der Waals surface area contributed by atoms with Gasteiger partial charge >= 0.3 is 6.61 Å². The van der Waals surface area contributed by atoms with Crippen molar-refractivity contribution in [1.29, 1.82) is 0 Å². The molecule has 2 aromatic rings. The lowest BCUT2D eigenvalue weighted by Gasteiger charge is -2.18. The molecule has 0 atom stereocenters. The fraction of sp³-hybridized carbons (Fsp3) is 0.350. The van der Waals surface area contributed by atoms with Crippen molar-refractivity contribution in [3.8, 4) is 11.5 Å². The number of halogens is 2. The number of carbonyl (C=O) groups is 1. The van der Waals surface area contributed by atoms with Crippen LogP contribution >= 0.6 is 0 Å². The molecule has 0 radical (unpaired) electrons. The van der Waals surface area contributed by atoms with Crippen molar-refractivity contribution in [3.63, 3.8) is 0 Å². The van der Waals surface area contributed by atoms with Crippen LogP contribution in [0.3, 0.4) is 0 Å². The Morgan fingerprint density at radius 3 is 2.30 bits per heavy atom. The highest BCUT2D eigenvalue weighted by Gasteiger charge is 2.15. The molecule has 7 nitrogen and oxygen atoms in total. The molecule has 0 unspecified atom stereocenters. The Morgan fingerprint density at radius 1 is 1.10 bits per heavy atom. The van der Waals surface area contributed by atoms with Gasteiger partial charge in [0.15, 0.2) is 11.5 Å². The average molecular weight is 442 g/mol. The quantitative estimate of drug-likeness (QED) is 0.612. The fourth-order valence-electron chi connectivity index (χ4n) is 2.76. The number of sulfonamides is 1. The van der Waals surface area contributed by atoms with Crippen LogP contribution < -0.4 is 14.2 Å². The summed E-state index contributed by atoms with van der Waals surface area (Å²) >= 11 is 0. The Balaban J connectivity index is 1.95. The van der Waals surface area contributed by atoms with Crippen LogP contribution in [-0.4, -0.2) is 47.0 Å². The van der Waals surface area contributed by atoms with Gasteiger partial charge in [-0.15, -0.1) is 0 Å². The summed E-state index contributed by atoms with van der Waals surface area (Å²) < 4.78 is 60.0. The molecule has 30 heavy (non-hydrogen) atoms. The summed E-state index contributed by atoms with van der Waals surface area (Å²) in [5.74, 6) is -0.0342. The number of alkyl halides is 2. The highest BCUT2D eigenvalue weighted by Crippen LogP contribution is 2.29. The van der Waals surface area contributed by atoms with Crippen LogP contribution in [0.4, 0.5) is 8.78 Å². The van der Waals surface area contributed by atoms with Crippen LogP contribution in [0.2, 0.25) is 0 Å². The van der Waals surface area contributed by atoms with Crippen molar-refractivity contribution in [2.75, 3.05) is 21.2 Å². The second kappa shape index (κ2) is 10.4. The number of rotatable bonds is 10. The van der Waals surface area contributed by atoms with Crippen LogP contribution in [0.1, 0.15) is 17.5 Å². The molecule has 0 aliphatic heterocycles. The van der Waals surface area contributed by atoms with E-state index in [-0.39, 0.29) is 35.3 Å². The van der Waals surface area contributed by atoms with Gasteiger partial charge < -0.3 is 14.4 Å². The Labute approximate surface area is 174 Å². The van der Waals surface area contributed by atoms with Gasteiger partial charge in [0.1, 0.15) is 0 Å². The van der Waals surface area contributed by atoms with Gasteiger partial charge in [-0.05, 0) is 48.9 Å². The molecule has 10 heteroatoms. The van der Waals surface area contributed by atoms with Gasteiger partial charge in [-0.25, -0.2) is 13.1 Å². The summed E-state index contributed by atoms with van der Waals surface area (Å²) in [6.45, 7) is -2.69. The smallest absolute Gasteiger partial charge is 0.387 e. The Morgan fingerprint density at radius 2 is 1.73 bits per heavy atom. The number of methoxy groups -OCH3 is 1. The summed E-state index contributed by atoms with van der Waals surface area (Å²) in [6.07, 6.45) is 0.686. The molecule has 2 aromatic carbocycles. The van der Waals surface area contributed by atoms with E-state index in [4.69, 9.17) is 4.74 Å². The first kappa shape index (κ1) is 23.6. The van der Waals surface area contributed by atoms with Crippen LogP contribution in [0.25, 0.3) is 0 Å². The number of amides is 1. The van der Waals surface area contributed by atoms with Crippen molar-refractivity contribution >= 4 is 15.9 Å². The average Bonchev–Trinajstić information content (AvgIpc) is 2.72. The molecule has 0 saturated heterocycles. The third kappa shape index (κ3) is 6.39. The third-order valence-electron chi connectivity index (χ3n) is 4.42. The molecule has 0 heterocycles. The van der Waals surface area contributed by atoms with E-state index < -0.39 is 16.6 Å². The SMILES string of the molecule is CNS(=O)(=O)c1ccc(CCC(=O)N(C)Cc2ccc(OC(F)F)c(OC)c2)cc1. The number of hydrogen-bond donors (Lipinski definition) is 1. The number of nitrogens with one attached hydrogen (secondary N) is 1. The number of nitrogens with zero attached hydrogens (tertiary/aromatic N) is 1. The first-order chi connectivity index (χ1) is 14.2. The van der Waals surface area contributed by atoms with E-state index in [0.717, 1.165) is 5.56 Å². The molecule has 0 aliphatic rings. The van der Waals surface area contributed by atoms with Crippen LogP contribution in [0.15, 0.2) is 47.4 Å². The number of carbonyl (C=O) groups excluding carboxylic acids is 1. The largest absolute Gasteiger partial charge is 0.493 e. The van der Waals surface area contributed by atoms with E-state index in [2.05, 4.69) is 9.46 Å². The molecule has 2 rings (SSSR count). The second-order valence-electron chi connectivity index (χ2n) is 6.47. The van der Waals surface area contributed by atoms with Crippen molar-refractivity contribution in [1.82, 2.24) is 9.62 Å². The number of benzene rings is 2. The molecular formula is C20H24F2N2O5S. The van der Waals surface area contributed by atoms with Crippen molar-refractivity contribution < 1.29 is 31.5 Å². The predicted octanol–water partition coefficient (Wildman–Crippen LogP) is 2.80. The molecule has 0 aromatic heterocycles. The minimum atomic E-state index is -3.50. The van der Waals surface area contributed by atoms with E-state index >= 15 is 0 Å². The lowest BCUT2D eigenvalue weighted by Crippen LogP contribution is -2.26. The van der Waals surface area contributed by atoms with Gasteiger partial charge in [0.2, 0.25) is 15.9 Å². The topological polar surface area (TPSA) is 84.9 Å². The zero-order chi connectivity index (χ0) is 22.3. The number of hydrogen-bond acceptors (Lipinski definition) is 5. The van der Waals surface area contributed by atoms with Gasteiger partial charge in [0.05, 0.1) is 12.0 Å². The summed E-state index contributed by atoms with van der Waals surface area (Å²) in [7, 11) is 0.831. The van der Waals surface area contributed by atoms with Crippen LogP contribution in [-0.2, 0) is 27.8 Å². The van der Waals surface area contributed by atoms with E-state index in [1.807, 2.05) is 0 Å². The normalized spacial score (nSPS) is 11.4. The van der Waals surface area contributed by atoms with Crippen LogP contribution in [0, 0.1) is 0 Å². The molecule has 1 amide bonds. The minimum absolute atomic E-state index is 0.0750. The van der Waals surface area contributed by atoms with Crippen molar-refractivity contribution in [3.05, 3.63) is 53.6 Å². The first-order valence-electron chi connectivity index (χ1n) is 9.04. The fourth-order valence-corrected chi connectivity index (χ4v) is 3.49. The Hall–Kier alpha value is -2.72. The Bertz CT molecular complexity index is 966. The number of aryl methyl sites for hydroxylation is 1. The van der Waals surface area contributed by atoms with E-state index in [1.54, 1.807) is 31.3 Å². The zero-order valence-corrected chi connectivity index (χ0v) is 17.7. The van der Waals surface area contributed by atoms with E-state index in [0.29, 0.717) is 12.0 Å². The lowest BCUT2D eigenvalue weighted by atomic mass is 10.1. The maximum atomic E-state index is 12.4. The van der Waals surface area contributed by atoms with Crippen LogP contribution in [0.5, 0.6) is 11.5 Å². The van der Waals surface area contributed by atoms with Crippen molar-refractivity contribution in [2.45, 2.75) is 30.9 Å². The van der Waals surface area contributed by atoms with Gasteiger partial charge in [-0.2, -0.15) is 8.78 Å². The van der Waals surface area contributed by atoms with E-state index in [1.165, 1.54) is 37.3 Å². The van der Waals surface area contributed by atoms with Crippen molar-refractivity contribution in [2.24, 2.45) is 0 Å². The third-order valence-corrected chi connectivity index (χ3v) is 5.85. The summed E-state index contributed by atoms with van der Waals surface area (Å²) in [4.78, 5) is 14.1. The molecule has 0 spiro atoms. The maximum absolute atomic E-state index is 12.4. The van der Waals surface area contributed by atoms with Gasteiger partial charge in [-0.3, -0.25) is 4.79 Å². The van der Waals surface area contributed by atoms with Gasteiger partial charge in [0.25, 0.3) is 0 Å². The predicted molar refractivity (Wildman–Crippen MR) is 107 cm³/mol. The second-order valence-corrected chi connectivity index (χ2v) is 8.35. The molecular weight excluding hydrogens is 418 g/mol. The minimum Gasteiger partial charge on any atom is -0.493 e. The lowest BCUT2D eigenvalue weighted by molar-refractivity contribution is -0.130. The Kier molecular flexibility index (Phi) is 8.13. The van der Waals surface area contributed by atoms with E-state index in [9.17, 15) is 22.0 Å². The molecule has 0 fully saturated rings. The molecule has 0 bridgehead atoms.